The van der Waals surface area contributed by atoms with Gasteiger partial charge in [0.25, 0.3) is 0 Å². The van der Waals surface area contributed by atoms with E-state index >= 15 is 0 Å². The van der Waals surface area contributed by atoms with Crippen LogP contribution in [0.5, 0.6) is 0 Å². The summed E-state index contributed by atoms with van der Waals surface area (Å²) >= 11 is 0. The number of carbonyl (C=O) groups is 1. The monoisotopic (exact) mass is 272 g/mol. The van der Waals surface area contributed by atoms with Gasteiger partial charge in [-0.3, -0.25) is 15.1 Å². The van der Waals surface area contributed by atoms with Crippen molar-refractivity contribution in [2.75, 3.05) is 6.61 Å². The third-order valence-corrected chi connectivity index (χ3v) is 3.90. The fraction of sp³-hybridized carbons (Fsp3) is 0.438. The van der Waals surface area contributed by atoms with Crippen molar-refractivity contribution in [2.24, 2.45) is 0 Å². The zero-order valence-electron chi connectivity index (χ0n) is 11.5. The van der Waals surface area contributed by atoms with Gasteiger partial charge in [-0.25, -0.2) is 0 Å². The number of benzene rings is 1. The van der Waals surface area contributed by atoms with Crippen LogP contribution in [0.15, 0.2) is 35.9 Å². The van der Waals surface area contributed by atoms with Crippen LogP contribution in [0, 0.1) is 0 Å². The molecule has 2 heterocycles. The Bertz CT molecular complexity index is 510. The molecule has 2 N–H and O–H groups in total. The van der Waals surface area contributed by atoms with Gasteiger partial charge in [0, 0.05) is 12.5 Å². The molecule has 0 radical (unpaired) electrons. The number of carbonyl (C=O) groups excluding carboxylic acids is 1. The molecule has 0 saturated carbocycles. The lowest BCUT2D eigenvalue weighted by molar-refractivity contribution is -0.121. The van der Waals surface area contributed by atoms with E-state index < -0.39 is 0 Å². The Morgan fingerprint density at radius 1 is 1.20 bits per heavy atom. The fourth-order valence-electron chi connectivity index (χ4n) is 2.87. The molecule has 20 heavy (non-hydrogen) atoms. The number of hydroxylamine groups is 1. The third-order valence-electron chi connectivity index (χ3n) is 3.90. The molecule has 2 aliphatic heterocycles. The summed E-state index contributed by atoms with van der Waals surface area (Å²) in [7, 11) is 0. The summed E-state index contributed by atoms with van der Waals surface area (Å²) < 4.78 is 0. The van der Waals surface area contributed by atoms with Crippen molar-refractivity contribution in [3.05, 3.63) is 41.5 Å². The second-order valence-electron chi connectivity index (χ2n) is 5.45. The van der Waals surface area contributed by atoms with Crippen molar-refractivity contribution in [3.63, 3.8) is 0 Å². The lowest BCUT2D eigenvalue weighted by Gasteiger charge is -2.16. The summed E-state index contributed by atoms with van der Waals surface area (Å²) in [5.74, 6) is 0.182. The molecule has 1 amide bonds. The second-order valence-corrected chi connectivity index (χ2v) is 5.45. The van der Waals surface area contributed by atoms with E-state index in [0.29, 0.717) is 13.0 Å². The lowest BCUT2D eigenvalue weighted by atomic mass is 9.99. The van der Waals surface area contributed by atoms with Crippen LogP contribution < -0.4 is 10.8 Å². The summed E-state index contributed by atoms with van der Waals surface area (Å²) in [6.07, 6.45) is 4.70. The highest BCUT2D eigenvalue weighted by Crippen LogP contribution is 2.26. The van der Waals surface area contributed by atoms with Crippen LogP contribution in [0.4, 0.5) is 0 Å². The van der Waals surface area contributed by atoms with Gasteiger partial charge in [-0.2, -0.15) is 0 Å². The summed E-state index contributed by atoms with van der Waals surface area (Å²) in [6, 6.07) is 10.4. The first-order chi connectivity index (χ1) is 9.83. The van der Waals surface area contributed by atoms with Gasteiger partial charge < -0.3 is 5.32 Å². The van der Waals surface area contributed by atoms with E-state index in [1.54, 1.807) is 0 Å². The predicted octanol–water partition coefficient (Wildman–Crippen LogP) is 2.38. The van der Waals surface area contributed by atoms with Crippen molar-refractivity contribution in [1.82, 2.24) is 10.8 Å². The standard InChI is InChI=1S/C16H20N2O2/c19-15-9-5-4-8-14(17-15)10-13-11-20-18-16(13)12-6-2-1-3-7-12/h1-3,6-7,14,18H,4-5,8-11H2,(H,17,19). The first-order valence-electron chi connectivity index (χ1n) is 7.27. The second kappa shape index (κ2) is 6.09. The Morgan fingerprint density at radius 2 is 2.05 bits per heavy atom. The predicted molar refractivity (Wildman–Crippen MR) is 77.5 cm³/mol. The van der Waals surface area contributed by atoms with E-state index in [-0.39, 0.29) is 11.9 Å². The zero-order valence-corrected chi connectivity index (χ0v) is 11.5. The maximum Gasteiger partial charge on any atom is 0.220 e. The first kappa shape index (κ1) is 13.2. The van der Waals surface area contributed by atoms with Gasteiger partial charge >= 0.3 is 0 Å². The molecule has 4 heteroatoms. The van der Waals surface area contributed by atoms with Crippen LogP contribution >= 0.6 is 0 Å². The van der Waals surface area contributed by atoms with E-state index in [0.717, 1.165) is 36.9 Å². The maximum absolute atomic E-state index is 11.6. The highest BCUT2D eigenvalue weighted by Gasteiger charge is 2.22. The summed E-state index contributed by atoms with van der Waals surface area (Å²) in [4.78, 5) is 17.0. The molecule has 0 spiro atoms. The highest BCUT2D eigenvalue weighted by atomic mass is 16.6. The largest absolute Gasteiger partial charge is 0.353 e. The molecule has 1 unspecified atom stereocenters. The molecule has 1 atom stereocenters. The minimum Gasteiger partial charge on any atom is -0.353 e. The molecule has 1 aromatic rings. The molecule has 106 valence electrons. The van der Waals surface area contributed by atoms with E-state index in [4.69, 9.17) is 4.84 Å². The molecule has 0 bridgehead atoms. The Kier molecular flexibility index (Phi) is 4.02. The number of amides is 1. The van der Waals surface area contributed by atoms with Crippen molar-refractivity contribution in [1.29, 1.82) is 0 Å². The molecular formula is C16H20N2O2. The zero-order chi connectivity index (χ0) is 13.8. The Morgan fingerprint density at radius 3 is 2.90 bits per heavy atom. The van der Waals surface area contributed by atoms with Gasteiger partial charge in [-0.15, -0.1) is 0 Å². The fourth-order valence-corrected chi connectivity index (χ4v) is 2.87. The van der Waals surface area contributed by atoms with Crippen molar-refractivity contribution in [3.8, 4) is 0 Å². The number of hydrogen-bond acceptors (Lipinski definition) is 3. The van der Waals surface area contributed by atoms with Crippen LogP contribution in [-0.2, 0) is 9.63 Å². The molecule has 2 aliphatic rings. The quantitative estimate of drug-likeness (QED) is 0.888. The van der Waals surface area contributed by atoms with Gasteiger partial charge in [-0.1, -0.05) is 36.8 Å². The Hall–Kier alpha value is -1.81. The topological polar surface area (TPSA) is 50.4 Å². The summed E-state index contributed by atoms with van der Waals surface area (Å²) in [5.41, 5.74) is 6.44. The van der Waals surface area contributed by atoms with Gasteiger partial charge in [0.2, 0.25) is 5.91 Å². The average Bonchev–Trinajstić information content (AvgIpc) is 2.82. The van der Waals surface area contributed by atoms with Gasteiger partial charge in [0.15, 0.2) is 0 Å². The van der Waals surface area contributed by atoms with E-state index in [9.17, 15) is 4.79 Å². The molecule has 4 nitrogen and oxygen atoms in total. The smallest absolute Gasteiger partial charge is 0.220 e. The molecule has 3 rings (SSSR count). The highest BCUT2D eigenvalue weighted by molar-refractivity contribution is 5.76. The molecule has 1 saturated heterocycles. The normalized spacial score (nSPS) is 23.2. The van der Waals surface area contributed by atoms with Crippen molar-refractivity contribution >= 4 is 11.6 Å². The van der Waals surface area contributed by atoms with Crippen LogP contribution in [0.2, 0.25) is 0 Å². The van der Waals surface area contributed by atoms with E-state index in [2.05, 4.69) is 22.9 Å². The SMILES string of the molecule is O=C1CCCCC(CC2=C(c3ccccc3)NOC2)N1. The Labute approximate surface area is 119 Å². The van der Waals surface area contributed by atoms with Crippen molar-refractivity contribution < 1.29 is 9.63 Å². The van der Waals surface area contributed by atoms with Crippen LogP contribution in [-0.4, -0.2) is 18.6 Å². The first-order valence-corrected chi connectivity index (χ1v) is 7.27. The molecule has 1 aromatic carbocycles. The minimum absolute atomic E-state index is 0.182. The van der Waals surface area contributed by atoms with Crippen LogP contribution in [0.1, 0.15) is 37.7 Å². The number of nitrogens with one attached hydrogen (secondary N) is 2. The molecule has 1 fully saturated rings. The van der Waals surface area contributed by atoms with Gasteiger partial charge in [0.05, 0.1) is 12.3 Å². The molecule has 0 aromatic heterocycles. The van der Waals surface area contributed by atoms with Crippen molar-refractivity contribution in [2.45, 2.75) is 38.1 Å². The van der Waals surface area contributed by atoms with E-state index in [1.807, 2.05) is 18.2 Å². The molecular weight excluding hydrogens is 252 g/mol. The summed E-state index contributed by atoms with van der Waals surface area (Å²) in [5, 5.41) is 3.12. The van der Waals surface area contributed by atoms with Crippen LogP contribution in [0.3, 0.4) is 0 Å². The van der Waals surface area contributed by atoms with Crippen LogP contribution in [0.25, 0.3) is 5.70 Å². The van der Waals surface area contributed by atoms with Gasteiger partial charge in [-0.05, 0) is 30.4 Å². The number of rotatable bonds is 3. The number of hydrogen-bond donors (Lipinski definition) is 2. The summed E-state index contributed by atoms with van der Waals surface area (Å²) in [6.45, 7) is 0.594. The minimum atomic E-state index is 0.182. The van der Waals surface area contributed by atoms with Gasteiger partial charge in [0.1, 0.15) is 0 Å². The average molecular weight is 272 g/mol. The maximum atomic E-state index is 11.6. The lowest BCUT2D eigenvalue weighted by Crippen LogP contribution is -2.33. The Balaban J connectivity index is 1.76. The van der Waals surface area contributed by atoms with E-state index in [1.165, 1.54) is 5.57 Å². The molecule has 0 aliphatic carbocycles. The third kappa shape index (κ3) is 3.02.